The maximum atomic E-state index is 13.6. The standard InChI is InChI=1S/C10H15FN2O2S/c1-3-13(16(2,14)15)10-5-4-8(7-12)6-9(10)11/h4-6H,3,7,12H2,1-2H3. The van der Waals surface area contributed by atoms with Crippen molar-refractivity contribution in [2.45, 2.75) is 13.5 Å². The Morgan fingerprint density at radius 2 is 2.06 bits per heavy atom. The first-order chi connectivity index (χ1) is 7.40. The minimum absolute atomic E-state index is 0.0576. The van der Waals surface area contributed by atoms with E-state index in [0.717, 1.165) is 10.6 Å². The Labute approximate surface area is 94.9 Å². The molecule has 16 heavy (non-hydrogen) atoms. The molecule has 0 aliphatic heterocycles. The summed E-state index contributed by atoms with van der Waals surface area (Å²) in [5.41, 5.74) is 6.05. The van der Waals surface area contributed by atoms with Crippen LogP contribution in [-0.4, -0.2) is 21.2 Å². The second kappa shape index (κ2) is 4.80. The van der Waals surface area contributed by atoms with Crippen LogP contribution in [0.5, 0.6) is 0 Å². The Hall–Kier alpha value is -1.14. The summed E-state index contributed by atoms with van der Waals surface area (Å²) >= 11 is 0. The van der Waals surface area contributed by atoms with E-state index in [1.54, 1.807) is 13.0 Å². The highest BCUT2D eigenvalue weighted by atomic mass is 32.2. The lowest BCUT2D eigenvalue weighted by molar-refractivity contribution is 0.591. The predicted molar refractivity (Wildman–Crippen MR) is 62.2 cm³/mol. The normalized spacial score (nSPS) is 11.5. The third-order valence-corrected chi connectivity index (χ3v) is 3.46. The molecule has 0 aromatic heterocycles. The molecule has 90 valence electrons. The van der Waals surface area contributed by atoms with Crippen LogP contribution >= 0.6 is 0 Å². The van der Waals surface area contributed by atoms with E-state index >= 15 is 0 Å². The fourth-order valence-electron chi connectivity index (χ4n) is 1.46. The summed E-state index contributed by atoms with van der Waals surface area (Å²) in [6, 6.07) is 4.30. The third-order valence-electron chi connectivity index (χ3n) is 2.20. The molecule has 1 aromatic carbocycles. The van der Waals surface area contributed by atoms with E-state index in [1.165, 1.54) is 12.1 Å². The van der Waals surface area contributed by atoms with E-state index in [2.05, 4.69) is 0 Å². The van der Waals surface area contributed by atoms with Gasteiger partial charge in [-0.2, -0.15) is 0 Å². The number of hydrogen-bond acceptors (Lipinski definition) is 3. The molecule has 6 heteroatoms. The first kappa shape index (κ1) is 12.9. The van der Waals surface area contributed by atoms with Gasteiger partial charge in [0.2, 0.25) is 10.0 Å². The zero-order valence-electron chi connectivity index (χ0n) is 9.27. The Balaban J connectivity index is 3.22. The summed E-state index contributed by atoms with van der Waals surface area (Å²) in [6.07, 6.45) is 1.05. The zero-order valence-corrected chi connectivity index (χ0v) is 10.1. The lowest BCUT2D eigenvalue weighted by Crippen LogP contribution is -2.30. The van der Waals surface area contributed by atoms with Gasteiger partial charge in [0, 0.05) is 13.1 Å². The second-order valence-electron chi connectivity index (χ2n) is 3.42. The molecule has 0 aliphatic carbocycles. The van der Waals surface area contributed by atoms with Crippen molar-refractivity contribution in [3.8, 4) is 0 Å². The van der Waals surface area contributed by atoms with Crippen LogP contribution in [-0.2, 0) is 16.6 Å². The number of rotatable bonds is 4. The minimum atomic E-state index is -3.45. The molecule has 0 atom stereocenters. The molecule has 0 fully saturated rings. The molecule has 0 saturated carbocycles. The molecule has 0 bridgehead atoms. The summed E-state index contributed by atoms with van der Waals surface area (Å²) < 4.78 is 37.5. The maximum absolute atomic E-state index is 13.6. The van der Waals surface area contributed by atoms with Crippen LogP contribution in [0, 0.1) is 5.82 Å². The van der Waals surface area contributed by atoms with E-state index in [1.807, 2.05) is 0 Å². The van der Waals surface area contributed by atoms with E-state index in [0.29, 0.717) is 5.56 Å². The molecule has 0 unspecified atom stereocenters. The molecular weight excluding hydrogens is 231 g/mol. The number of nitrogens with two attached hydrogens (primary N) is 1. The lowest BCUT2D eigenvalue weighted by atomic mass is 10.2. The van der Waals surface area contributed by atoms with E-state index in [4.69, 9.17) is 5.73 Å². The van der Waals surface area contributed by atoms with Crippen molar-refractivity contribution >= 4 is 15.7 Å². The van der Waals surface area contributed by atoms with Crippen molar-refractivity contribution in [3.63, 3.8) is 0 Å². The smallest absolute Gasteiger partial charge is 0.232 e. The van der Waals surface area contributed by atoms with Gasteiger partial charge < -0.3 is 5.73 Å². The number of benzene rings is 1. The van der Waals surface area contributed by atoms with Gasteiger partial charge in [0.05, 0.1) is 11.9 Å². The van der Waals surface area contributed by atoms with Crippen LogP contribution in [0.25, 0.3) is 0 Å². The van der Waals surface area contributed by atoms with E-state index in [-0.39, 0.29) is 18.8 Å². The molecule has 0 spiro atoms. The molecule has 2 N–H and O–H groups in total. The molecule has 0 heterocycles. The van der Waals surface area contributed by atoms with Gasteiger partial charge in [-0.15, -0.1) is 0 Å². The fraction of sp³-hybridized carbons (Fsp3) is 0.400. The molecule has 1 rings (SSSR count). The number of sulfonamides is 1. The predicted octanol–water partition coefficient (Wildman–Crippen LogP) is 1.07. The Morgan fingerprint density at radius 3 is 2.44 bits per heavy atom. The van der Waals surface area contributed by atoms with Gasteiger partial charge in [-0.1, -0.05) is 6.07 Å². The van der Waals surface area contributed by atoms with Crippen molar-refractivity contribution in [2.24, 2.45) is 5.73 Å². The summed E-state index contributed by atoms with van der Waals surface area (Å²) in [5, 5.41) is 0. The molecule has 0 radical (unpaired) electrons. The highest BCUT2D eigenvalue weighted by Gasteiger charge is 2.18. The summed E-state index contributed by atoms with van der Waals surface area (Å²) in [7, 11) is -3.45. The first-order valence-electron chi connectivity index (χ1n) is 4.86. The Morgan fingerprint density at radius 1 is 1.44 bits per heavy atom. The fourth-order valence-corrected chi connectivity index (χ4v) is 2.44. The first-order valence-corrected chi connectivity index (χ1v) is 6.71. The summed E-state index contributed by atoms with van der Waals surface area (Å²) in [6.45, 7) is 2.07. The maximum Gasteiger partial charge on any atom is 0.232 e. The Kier molecular flexibility index (Phi) is 3.88. The highest BCUT2D eigenvalue weighted by Crippen LogP contribution is 2.22. The van der Waals surface area contributed by atoms with Crippen LogP contribution in [0.1, 0.15) is 12.5 Å². The summed E-state index contributed by atoms with van der Waals surface area (Å²) in [5.74, 6) is -0.574. The van der Waals surface area contributed by atoms with E-state index in [9.17, 15) is 12.8 Å². The zero-order chi connectivity index (χ0) is 12.3. The Bertz CT molecular complexity index is 474. The van der Waals surface area contributed by atoms with Gasteiger partial charge in [-0.25, -0.2) is 12.8 Å². The van der Waals surface area contributed by atoms with Crippen LogP contribution in [0.15, 0.2) is 18.2 Å². The van der Waals surface area contributed by atoms with E-state index < -0.39 is 15.8 Å². The van der Waals surface area contributed by atoms with Crippen LogP contribution in [0.4, 0.5) is 10.1 Å². The van der Waals surface area contributed by atoms with Crippen molar-refractivity contribution in [1.82, 2.24) is 0 Å². The number of nitrogens with zero attached hydrogens (tertiary/aromatic N) is 1. The average Bonchev–Trinajstić information content (AvgIpc) is 2.19. The highest BCUT2D eigenvalue weighted by molar-refractivity contribution is 7.92. The van der Waals surface area contributed by atoms with Gasteiger partial charge in [-0.05, 0) is 24.6 Å². The van der Waals surface area contributed by atoms with Gasteiger partial charge >= 0.3 is 0 Å². The van der Waals surface area contributed by atoms with Crippen molar-refractivity contribution in [2.75, 3.05) is 17.1 Å². The molecule has 0 saturated heterocycles. The quantitative estimate of drug-likeness (QED) is 0.864. The van der Waals surface area contributed by atoms with Gasteiger partial charge in [0.25, 0.3) is 0 Å². The van der Waals surface area contributed by atoms with Crippen LogP contribution < -0.4 is 10.0 Å². The van der Waals surface area contributed by atoms with Crippen LogP contribution in [0.2, 0.25) is 0 Å². The van der Waals surface area contributed by atoms with Gasteiger partial charge in [0.15, 0.2) is 0 Å². The molecule has 0 aliphatic rings. The largest absolute Gasteiger partial charge is 0.326 e. The van der Waals surface area contributed by atoms with Crippen molar-refractivity contribution in [3.05, 3.63) is 29.6 Å². The lowest BCUT2D eigenvalue weighted by Gasteiger charge is -2.21. The van der Waals surface area contributed by atoms with Crippen molar-refractivity contribution < 1.29 is 12.8 Å². The molecule has 4 nitrogen and oxygen atoms in total. The molecule has 0 amide bonds. The topological polar surface area (TPSA) is 63.4 Å². The third kappa shape index (κ3) is 2.70. The average molecular weight is 246 g/mol. The monoisotopic (exact) mass is 246 g/mol. The van der Waals surface area contributed by atoms with Crippen LogP contribution in [0.3, 0.4) is 0 Å². The number of hydrogen-bond donors (Lipinski definition) is 1. The number of anilines is 1. The molecular formula is C10H15FN2O2S. The number of halogens is 1. The molecule has 1 aromatic rings. The van der Waals surface area contributed by atoms with Crippen molar-refractivity contribution in [1.29, 1.82) is 0 Å². The summed E-state index contributed by atoms with van der Waals surface area (Å²) in [4.78, 5) is 0. The minimum Gasteiger partial charge on any atom is -0.326 e. The second-order valence-corrected chi connectivity index (χ2v) is 5.32. The SMILES string of the molecule is CCN(c1ccc(CN)cc1F)S(C)(=O)=O. The van der Waals surface area contributed by atoms with Gasteiger partial charge in [0.1, 0.15) is 5.82 Å². The van der Waals surface area contributed by atoms with Gasteiger partial charge in [-0.3, -0.25) is 4.31 Å².